The number of carbonyl (C=O) groups is 3. The predicted octanol–water partition coefficient (Wildman–Crippen LogP) is 3.46. The summed E-state index contributed by atoms with van der Waals surface area (Å²) in [6.45, 7) is 18.8. The normalized spacial score (nSPS) is 53.2. The molecule has 0 aromatic heterocycles. The maximum atomic E-state index is 14.1. The van der Waals surface area contributed by atoms with Gasteiger partial charge in [-0.3, -0.25) is 14.4 Å². The van der Waals surface area contributed by atoms with Crippen molar-refractivity contribution in [2.45, 2.75) is 201 Å². The molecule has 7 rings (SSSR count). The van der Waals surface area contributed by atoms with E-state index >= 15 is 0 Å². The predicted molar refractivity (Wildman–Crippen MR) is 217 cm³/mol. The van der Waals surface area contributed by atoms with Crippen molar-refractivity contribution >= 4 is 17.9 Å². The molecule has 346 valence electrons. The summed E-state index contributed by atoms with van der Waals surface area (Å²) in [6, 6.07) is 0. The van der Waals surface area contributed by atoms with Gasteiger partial charge in [-0.15, -0.1) is 0 Å². The molecule has 0 unspecified atom stereocenters. The molecule has 6 N–H and O–H groups in total. The number of rotatable bonds is 7. The largest absolute Gasteiger partial charge is 0.456 e. The van der Waals surface area contributed by atoms with Crippen LogP contribution >= 0.6 is 0 Å². The quantitative estimate of drug-likeness (QED) is 0.122. The first-order valence-corrected chi connectivity index (χ1v) is 22.5. The van der Waals surface area contributed by atoms with Crippen LogP contribution in [0.2, 0.25) is 0 Å². The third-order valence-corrected chi connectivity index (χ3v) is 18.2. The van der Waals surface area contributed by atoms with E-state index in [9.17, 15) is 45.0 Å². The number of hydrogen-bond acceptors (Lipinski definition) is 15. The van der Waals surface area contributed by atoms with Crippen LogP contribution in [-0.4, -0.2) is 129 Å². The molecule has 5 aliphatic carbocycles. The summed E-state index contributed by atoms with van der Waals surface area (Å²) in [5.41, 5.74) is -1.61. The van der Waals surface area contributed by atoms with E-state index in [0.717, 1.165) is 25.7 Å². The second-order valence-electron chi connectivity index (χ2n) is 21.6. The Morgan fingerprint density at radius 1 is 0.705 bits per heavy atom. The van der Waals surface area contributed by atoms with Crippen LogP contribution in [0.3, 0.4) is 0 Å². The molecule has 2 heterocycles. The molecule has 2 aliphatic heterocycles. The van der Waals surface area contributed by atoms with E-state index in [-0.39, 0.29) is 47.0 Å². The minimum atomic E-state index is -1.58. The fourth-order valence-electron chi connectivity index (χ4n) is 13.9. The first-order chi connectivity index (χ1) is 28.3. The van der Waals surface area contributed by atoms with Gasteiger partial charge in [0.05, 0.1) is 36.4 Å². The van der Waals surface area contributed by atoms with Gasteiger partial charge in [-0.05, 0) is 106 Å². The highest BCUT2D eigenvalue weighted by atomic mass is 16.7. The maximum Gasteiger partial charge on any atom is 0.314 e. The number of esters is 3. The average Bonchev–Trinajstić information content (AvgIpc) is 3.18. The lowest BCUT2D eigenvalue weighted by Crippen LogP contribution is -2.69. The first-order valence-electron chi connectivity index (χ1n) is 22.5. The van der Waals surface area contributed by atoms with Gasteiger partial charge in [0, 0.05) is 31.1 Å². The van der Waals surface area contributed by atoms with Gasteiger partial charge in [-0.2, -0.15) is 0 Å². The molecule has 0 amide bonds. The highest BCUT2D eigenvalue weighted by Gasteiger charge is 2.71. The molecule has 0 spiro atoms. The van der Waals surface area contributed by atoms with Crippen LogP contribution in [-0.2, 0) is 42.8 Å². The third-order valence-electron chi connectivity index (χ3n) is 18.2. The number of fused-ring (bicyclic) bond motifs is 7. The molecular formula is C46H72O15. The van der Waals surface area contributed by atoms with Crippen LogP contribution < -0.4 is 0 Å². The highest BCUT2D eigenvalue weighted by Crippen LogP contribution is 2.76. The number of aliphatic hydroxyl groups is 6. The zero-order valence-corrected chi connectivity index (χ0v) is 37.7. The molecule has 7 aliphatic rings. The Morgan fingerprint density at radius 3 is 1.98 bits per heavy atom. The van der Waals surface area contributed by atoms with Gasteiger partial charge >= 0.3 is 17.9 Å². The summed E-state index contributed by atoms with van der Waals surface area (Å²) in [5, 5.41) is 66.7. The molecule has 0 aromatic rings. The van der Waals surface area contributed by atoms with E-state index in [4.69, 9.17) is 28.4 Å². The number of allylic oxidation sites excluding steroid dienone is 2. The van der Waals surface area contributed by atoms with Crippen molar-refractivity contribution in [2.75, 3.05) is 6.61 Å². The van der Waals surface area contributed by atoms with E-state index in [1.165, 1.54) is 19.4 Å². The smallest absolute Gasteiger partial charge is 0.314 e. The molecule has 0 radical (unpaired) electrons. The zero-order chi connectivity index (χ0) is 45.0. The summed E-state index contributed by atoms with van der Waals surface area (Å²) >= 11 is 0. The average molecular weight is 865 g/mol. The number of aliphatic hydroxyl groups excluding tert-OH is 6. The molecule has 0 aromatic carbocycles. The SMILES string of the molecule is CC(=O)O[C@@H]1[C@@H](OC(C)=O)[C@@H](O)[C@H](OC[C@@]2(C)[C@H]3CC[C@]4(C)[C@H](CC=C5[C@@H]6C[C@](C)(C(=O)O[C@@H]7O[C@@H](C)[C@H](O)[C@@H](O)[C@H]7O)CC[C@]6(C)CC[C@]54C)[C@@]3(C)[C@@H](O)C[C@@H]2O)O[C@H]1C. The summed E-state index contributed by atoms with van der Waals surface area (Å²) in [7, 11) is 0. The van der Waals surface area contributed by atoms with Crippen molar-refractivity contribution < 1.29 is 73.4 Å². The summed E-state index contributed by atoms with van der Waals surface area (Å²) in [4.78, 5) is 38.0. The molecule has 2 saturated heterocycles. The lowest BCUT2D eigenvalue weighted by atomic mass is 9.33. The lowest BCUT2D eigenvalue weighted by molar-refractivity contribution is -0.316. The van der Waals surface area contributed by atoms with Crippen LogP contribution in [0.1, 0.15) is 127 Å². The van der Waals surface area contributed by atoms with E-state index in [1.807, 2.05) is 13.8 Å². The molecule has 15 nitrogen and oxygen atoms in total. The van der Waals surface area contributed by atoms with Crippen LogP contribution in [0, 0.1) is 50.2 Å². The number of hydrogen-bond donors (Lipinski definition) is 6. The van der Waals surface area contributed by atoms with Crippen molar-refractivity contribution in [1.82, 2.24) is 0 Å². The maximum absolute atomic E-state index is 14.1. The fourth-order valence-corrected chi connectivity index (χ4v) is 13.9. The molecule has 61 heavy (non-hydrogen) atoms. The van der Waals surface area contributed by atoms with Gasteiger partial charge in [0.1, 0.15) is 24.4 Å². The Morgan fingerprint density at radius 2 is 1.33 bits per heavy atom. The Balaban J connectivity index is 1.13. The van der Waals surface area contributed by atoms with Crippen molar-refractivity contribution in [3.63, 3.8) is 0 Å². The highest BCUT2D eigenvalue weighted by molar-refractivity contribution is 5.77. The van der Waals surface area contributed by atoms with Crippen molar-refractivity contribution in [3.8, 4) is 0 Å². The van der Waals surface area contributed by atoms with Crippen molar-refractivity contribution in [3.05, 3.63) is 11.6 Å². The minimum absolute atomic E-state index is 0.0150. The van der Waals surface area contributed by atoms with Gasteiger partial charge in [-0.25, -0.2) is 0 Å². The van der Waals surface area contributed by atoms with Crippen LogP contribution in [0.15, 0.2) is 11.6 Å². The Hall–Kier alpha value is -2.21. The van der Waals surface area contributed by atoms with Crippen molar-refractivity contribution in [1.29, 1.82) is 0 Å². The second kappa shape index (κ2) is 16.0. The van der Waals surface area contributed by atoms with Crippen LogP contribution in [0.4, 0.5) is 0 Å². The second-order valence-corrected chi connectivity index (χ2v) is 21.6. The van der Waals surface area contributed by atoms with E-state index in [2.05, 4.69) is 33.8 Å². The molecular weight excluding hydrogens is 792 g/mol. The monoisotopic (exact) mass is 864 g/mol. The van der Waals surface area contributed by atoms with E-state index < -0.39 is 108 Å². The van der Waals surface area contributed by atoms with Crippen molar-refractivity contribution in [2.24, 2.45) is 50.2 Å². The van der Waals surface area contributed by atoms with Gasteiger partial charge in [0.15, 0.2) is 18.5 Å². The van der Waals surface area contributed by atoms with Gasteiger partial charge in [0.25, 0.3) is 0 Å². The Bertz CT molecular complexity index is 1740. The summed E-state index contributed by atoms with van der Waals surface area (Å²) < 4.78 is 34.7. The molecule has 21 atom stereocenters. The van der Waals surface area contributed by atoms with Gasteiger partial charge < -0.3 is 59.1 Å². The Kier molecular flexibility index (Phi) is 12.3. The first kappa shape index (κ1) is 46.8. The van der Waals surface area contributed by atoms with Crippen LogP contribution in [0.5, 0.6) is 0 Å². The van der Waals surface area contributed by atoms with Gasteiger partial charge in [-0.1, -0.05) is 46.3 Å². The van der Waals surface area contributed by atoms with Gasteiger partial charge in [0.2, 0.25) is 6.29 Å². The van der Waals surface area contributed by atoms with Crippen LogP contribution in [0.25, 0.3) is 0 Å². The lowest BCUT2D eigenvalue weighted by Gasteiger charge is -2.72. The number of carbonyl (C=O) groups excluding carboxylic acids is 3. The fraction of sp³-hybridized carbons (Fsp3) is 0.891. The third kappa shape index (κ3) is 7.32. The topological polar surface area (TPSA) is 228 Å². The number of ether oxygens (including phenoxy) is 6. The zero-order valence-electron chi connectivity index (χ0n) is 37.7. The van der Waals surface area contributed by atoms with E-state index in [0.29, 0.717) is 25.7 Å². The summed E-state index contributed by atoms with van der Waals surface area (Å²) in [6.07, 6.45) is -5.55. The molecule has 6 fully saturated rings. The molecule has 0 bridgehead atoms. The summed E-state index contributed by atoms with van der Waals surface area (Å²) in [5.74, 6) is -1.86. The molecule has 15 heteroatoms. The minimum Gasteiger partial charge on any atom is -0.456 e. The Labute approximate surface area is 359 Å². The van der Waals surface area contributed by atoms with E-state index in [1.54, 1.807) is 13.8 Å². The molecule has 4 saturated carbocycles. The standard InChI is InChI=1S/C46H72O15/c1-22-32(51)33(52)34(53)39(57-22)61-40(55)42(6)16-15-41(5)17-18-44(8)26(27(41)20-42)11-12-29-45(44,9)14-13-28-43(7,30(49)19-31(50)46(28,29)10)21-56-38-35(54)37(60-25(4)48)36(23(2)58-38)59-24(3)47/h11,22-23,27-39,49-54H,12-21H2,1-10H3/t22-,23-,27-,28+,29-,30-,31-,32-,33+,34+,35+,36-,37-,38+,39-,41+,42+,43-,44+,45+,46-/m0/s1.